The Kier molecular flexibility index (Phi) is 3.69. The van der Waals surface area contributed by atoms with Gasteiger partial charge in [-0.05, 0) is 11.6 Å². The number of pyridine rings is 1. The van der Waals surface area contributed by atoms with Crippen molar-refractivity contribution in [2.45, 2.75) is 6.54 Å². The van der Waals surface area contributed by atoms with Crippen molar-refractivity contribution < 1.29 is 14.6 Å². The van der Waals surface area contributed by atoms with Gasteiger partial charge in [0.05, 0.1) is 13.3 Å². The third-order valence-corrected chi connectivity index (χ3v) is 1.49. The van der Waals surface area contributed by atoms with Crippen molar-refractivity contribution in [3.63, 3.8) is 0 Å². The van der Waals surface area contributed by atoms with E-state index >= 15 is 0 Å². The van der Waals surface area contributed by atoms with E-state index in [1.807, 2.05) is 5.43 Å². The molecule has 6 heteroatoms. The first-order valence-electron chi connectivity index (χ1n) is 3.92. The lowest BCUT2D eigenvalue weighted by Crippen LogP contribution is -2.35. The van der Waals surface area contributed by atoms with Gasteiger partial charge in [-0.15, -0.1) is 0 Å². The summed E-state index contributed by atoms with van der Waals surface area (Å²) in [6.07, 6.45) is 2.08. The van der Waals surface area contributed by atoms with E-state index in [1.165, 1.54) is 0 Å². The summed E-state index contributed by atoms with van der Waals surface area (Å²) >= 11 is 0. The van der Waals surface area contributed by atoms with Crippen LogP contribution in [-0.4, -0.2) is 23.3 Å². The van der Waals surface area contributed by atoms with Crippen LogP contribution < -0.4 is 15.6 Å². The molecule has 0 aliphatic heterocycles. The van der Waals surface area contributed by atoms with Crippen molar-refractivity contribution in [2.75, 3.05) is 7.11 Å². The maximum atomic E-state index is 10.1. The molecule has 1 heterocycles. The number of methoxy groups -OCH3 is 1. The minimum Gasteiger partial charge on any atom is -0.495 e. The average molecular weight is 197 g/mol. The molecule has 0 bridgehead atoms. The molecule has 1 amide bonds. The lowest BCUT2D eigenvalue weighted by atomic mass is 10.3. The van der Waals surface area contributed by atoms with Crippen molar-refractivity contribution in [3.8, 4) is 5.75 Å². The van der Waals surface area contributed by atoms with E-state index in [1.54, 1.807) is 25.6 Å². The minimum absolute atomic E-state index is 0.358. The van der Waals surface area contributed by atoms with Crippen LogP contribution >= 0.6 is 0 Å². The van der Waals surface area contributed by atoms with Gasteiger partial charge in [-0.25, -0.2) is 10.2 Å². The van der Waals surface area contributed by atoms with E-state index in [2.05, 4.69) is 10.4 Å². The molecule has 14 heavy (non-hydrogen) atoms. The quantitative estimate of drug-likeness (QED) is 0.607. The number of rotatable bonds is 4. The number of nitrogens with one attached hydrogen (secondary N) is 2. The Bertz CT molecular complexity index is 316. The maximum Gasteiger partial charge on any atom is 0.419 e. The van der Waals surface area contributed by atoms with Crippen molar-refractivity contribution in [2.24, 2.45) is 0 Å². The van der Waals surface area contributed by atoms with E-state index in [0.29, 0.717) is 12.3 Å². The molecule has 0 atom stereocenters. The maximum absolute atomic E-state index is 10.1. The molecule has 0 saturated carbocycles. The summed E-state index contributed by atoms with van der Waals surface area (Å²) in [5, 5.41) is 8.28. The summed E-state index contributed by atoms with van der Waals surface area (Å²) in [5.41, 5.74) is 5.37. The first kappa shape index (κ1) is 10.3. The molecule has 76 valence electrons. The third-order valence-electron chi connectivity index (χ3n) is 1.49. The second-order valence-electron chi connectivity index (χ2n) is 2.52. The zero-order chi connectivity index (χ0) is 10.4. The molecule has 0 radical (unpaired) electrons. The second kappa shape index (κ2) is 5.03. The van der Waals surface area contributed by atoms with Gasteiger partial charge in [0.2, 0.25) is 0 Å². The molecule has 6 nitrogen and oxygen atoms in total. The van der Waals surface area contributed by atoms with Crippen LogP contribution in [0.5, 0.6) is 5.75 Å². The Morgan fingerprint density at radius 2 is 2.43 bits per heavy atom. The highest BCUT2D eigenvalue weighted by Crippen LogP contribution is 2.09. The molecular formula is C8H11N3O3. The molecule has 0 aliphatic carbocycles. The van der Waals surface area contributed by atoms with Crippen molar-refractivity contribution in [3.05, 3.63) is 24.0 Å². The Morgan fingerprint density at radius 3 is 3.07 bits per heavy atom. The monoisotopic (exact) mass is 197 g/mol. The summed E-state index contributed by atoms with van der Waals surface area (Å²) in [6.45, 7) is 0.358. The van der Waals surface area contributed by atoms with E-state index in [-0.39, 0.29) is 0 Å². The summed E-state index contributed by atoms with van der Waals surface area (Å²) in [4.78, 5) is 14.0. The largest absolute Gasteiger partial charge is 0.495 e. The van der Waals surface area contributed by atoms with Gasteiger partial charge in [0.25, 0.3) is 0 Å². The summed E-state index contributed by atoms with van der Waals surface area (Å²) < 4.78 is 4.96. The number of hydrogen-bond donors (Lipinski definition) is 3. The molecular weight excluding hydrogens is 186 g/mol. The first-order valence-corrected chi connectivity index (χ1v) is 3.92. The predicted molar refractivity (Wildman–Crippen MR) is 48.8 cm³/mol. The van der Waals surface area contributed by atoms with E-state index in [4.69, 9.17) is 9.84 Å². The van der Waals surface area contributed by atoms with Crippen LogP contribution in [0.4, 0.5) is 4.79 Å². The van der Waals surface area contributed by atoms with Crippen LogP contribution in [0.1, 0.15) is 5.56 Å². The van der Waals surface area contributed by atoms with Gasteiger partial charge >= 0.3 is 6.09 Å². The SMILES string of the molecule is COc1cncc(CNNC(=O)O)c1. The Morgan fingerprint density at radius 1 is 1.64 bits per heavy atom. The number of nitrogens with zero attached hydrogens (tertiary/aromatic N) is 1. The zero-order valence-electron chi connectivity index (χ0n) is 7.65. The molecule has 3 N–H and O–H groups in total. The Balaban J connectivity index is 2.46. The number of ether oxygens (including phenoxy) is 1. The summed E-state index contributed by atoms with van der Waals surface area (Å²) in [6, 6.07) is 1.77. The van der Waals surface area contributed by atoms with Crippen molar-refractivity contribution in [1.29, 1.82) is 0 Å². The lowest BCUT2D eigenvalue weighted by molar-refractivity contribution is 0.189. The van der Waals surface area contributed by atoms with Crippen molar-refractivity contribution in [1.82, 2.24) is 15.8 Å². The highest BCUT2D eigenvalue weighted by molar-refractivity contribution is 5.63. The van der Waals surface area contributed by atoms with Crippen LogP contribution in [-0.2, 0) is 6.54 Å². The van der Waals surface area contributed by atoms with Gasteiger partial charge < -0.3 is 9.84 Å². The first-order chi connectivity index (χ1) is 6.72. The number of carbonyl (C=O) groups is 1. The molecule has 1 rings (SSSR count). The Hall–Kier alpha value is -1.82. The van der Waals surface area contributed by atoms with Gasteiger partial charge in [0.1, 0.15) is 5.75 Å². The topological polar surface area (TPSA) is 83.5 Å². The van der Waals surface area contributed by atoms with Gasteiger partial charge in [-0.2, -0.15) is 0 Å². The van der Waals surface area contributed by atoms with E-state index in [9.17, 15) is 4.79 Å². The van der Waals surface area contributed by atoms with E-state index in [0.717, 1.165) is 5.56 Å². The van der Waals surface area contributed by atoms with Crippen LogP contribution in [0.15, 0.2) is 18.5 Å². The van der Waals surface area contributed by atoms with Crippen molar-refractivity contribution >= 4 is 6.09 Å². The van der Waals surface area contributed by atoms with Gasteiger partial charge in [0.15, 0.2) is 0 Å². The smallest absolute Gasteiger partial charge is 0.419 e. The molecule has 0 unspecified atom stereocenters. The molecule has 0 aromatic carbocycles. The fourth-order valence-corrected chi connectivity index (χ4v) is 0.894. The second-order valence-corrected chi connectivity index (χ2v) is 2.52. The summed E-state index contributed by atoms with van der Waals surface area (Å²) in [7, 11) is 1.55. The average Bonchev–Trinajstić information content (AvgIpc) is 2.18. The molecule has 0 spiro atoms. The number of carboxylic acid groups (broad SMARTS) is 1. The fourth-order valence-electron chi connectivity index (χ4n) is 0.894. The van der Waals surface area contributed by atoms with Crippen LogP contribution in [0.25, 0.3) is 0 Å². The van der Waals surface area contributed by atoms with Crippen LogP contribution in [0.2, 0.25) is 0 Å². The van der Waals surface area contributed by atoms with Crippen LogP contribution in [0, 0.1) is 0 Å². The highest BCUT2D eigenvalue weighted by atomic mass is 16.5. The Labute approximate surface area is 80.9 Å². The number of hydrogen-bond acceptors (Lipinski definition) is 4. The minimum atomic E-state index is -1.12. The molecule has 0 saturated heterocycles. The molecule has 0 aliphatic rings. The standard InChI is InChI=1S/C8H11N3O3/c1-14-7-2-6(3-9-5-7)4-10-11-8(12)13/h2-3,5,10-11H,4H2,1H3,(H,12,13). The van der Waals surface area contributed by atoms with E-state index < -0.39 is 6.09 Å². The number of aromatic nitrogens is 1. The third kappa shape index (κ3) is 3.28. The lowest BCUT2D eigenvalue weighted by Gasteiger charge is -2.04. The molecule has 0 fully saturated rings. The summed E-state index contributed by atoms with van der Waals surface area (Å²) in [5.74, 6) is 0.639. The number of hydrazine groups is 1. The van der Waals surface area contributed by atoms with Gasteiger partial charge in [-0.3, -0.25) is 10.4 Å². The normalized spacial score (nSPS) is 9.50. The van der Waals surface area contributed by atoms with Gasteiger partial charge in [0, 0.05) is 12.7 Å². The number of amides is 1. The zero-order valence-corrected chi connectivity index (χ0v) is 7.65. The van der Waals surface area contributed by atoms with Gasteiger partial charge in [-0.1, -0.05) is 0 Å². The predicted octanol–water partition coefficient (Wildman–Crippen LogP) is 0.362. The fraction of sp³-hybridized carbons (Fsp3) is 0.250. The molecule has 1 aromatic rings. The molecule has 1 aromatic heterocycles. The highest BCUT2D eigenvalue weighted by Gasteiger charge is 1.97. The van der Waals surface area contributed by atoms with Crippen LogP contribution in [0.3, 0.4) is 0 Å².